The maximum Gasteiger partial charge on any atom is 0.225 e. The number of carbonyl (C=O) groups is 1. The van der Waals surface area contributed by atoms with Crippen LogP contribution in [0.2, 0.25) is 0 Å². The number of likely N-dealkylation sites (tertiary alicyclic amines) is 1. The van der Waals surface area contributed by atoms with Gasteiger partial charge >= 0.3 is 0 Å². The molecule has 1 aromatic rings. The van der Waals surface area contributed by atoms with Gasteiger partial charge in [-0.05, 0) is 43.6 Å². The molecule has 98 valence electrons. The van der Waals surface area contributed by atoms with Crippen molar-refractivity contribution in [2.45, 2.75) is 26.3 Å². The van der Waals surface area contributed by atoms with E-state index >= 15 is 0 Å². The summed E-state index contributed by atoms with van der Waals surface area (Å²) in [5.41, 5.74) is 1.09. The normalized spacial score (nSPS) is 19.4. The third-order valence-electron chi connectivity index (χ3n) is 3.89. The van der Waals surface area contributed by atoms with Gasteiger partial charge in [-0.15, -0.1) is 0 Å². The van der Waals surface area contributed by atoms with E-state index in [2.05, 4.69) is 22.1 Å². The van der Waals surface area contributed by atoms with E-state index in [0.717, 1.165) is 32.5 Å². The molecule has 18 heavy (non-hydrogen) atoms. The molecule has 0 atom stereocenters. The van der Waals surface area contributed by atoms with Crippen LogP contribution in [0.3, 0.4) is 0 Å². The first kappa shape index (κ1) is 13.0. The Hall–Kier alpha value is -1.42. The van der Waals surface area contributed by atoms with Crippen LogP contribution in [0, 0.1) is 5.41 Å². The van der Waals surface area contributed by atoms with Crippen LogP contribution in [-0.2, 0) is 11.3 Å². The van der Waals surface area contributed by atoms with Crippen molar-refractivity contribution in [3.8, 4) is 0 Å². The summed E-state index contributed by atoms with van der Waals surface area (Å²) in [6, 6.07) is 4.10. The number of aromatic nitrogens is 1. The van der Waals surface area contributed by atoms with Crippen LogP contribution in [-0.4, -0.2) is 35.9 Å². The molecule has 0 aromatic carbocycles. The fourth-order valence-corrected chi connectivity index (χ4v) is 2.48. The van der Waals surface area contributed by atoms with Crippen LogP contribution in [0.15, 0.2) is 24.5 Å². The number of hydrogen-bond donors (Lipinski definition) is 1. The zero-order valence-electron chi connectivity index (χ0n) is 11.1. The predicted octanol–water partition coefficient (Wildman–Crippen LogP) is 1.43. The molecular weight excluding hydrogens is 226 g/mol. The number of hydrogen-bond acceptors (Lipinski definition) is 3. The van der Waals surface area contributed by atoms with E-state index in [1.807, 2.05) is 24.5 Å². The van der Waals surface area contributed by atoms with Crippen molar-refractivity contribution in [3.63, 3.8) is 0 Å². The zero-order chi connectivity index (χ0) is 13.0. The van der Waals surface area contributed by atoms with Gasteiger partial charge in [0, 0.05) is 31.4 Å². The Kier molecular flexibility index (Phi) is 3.97. The average molecular weight is 247 g/mol. The van der Waals surface area contributed by atoms with Gasteiger partial charge in [-0.25, -0.2) is 0 Å². The van der Waals surface area contributed by atoms with Crippen LogP contribution in [0.25, 0.3) is 0 Å². The van der Waals surface area contributed by atoms with Gasteiger partial charge in [0.1, 0.15) is 0 Å². The van der Waals surface area contributed by atoms with Crippen LogP contribution < -0.4 is 5.32 Å². The number of nitrogens with zero attached hydrogens (tertiary/aromatic N) is 2. The van der Waals surface area contributed by atoms with Gasteiger partial charge in [0.25, 0.3) is 0 Å². The fraction of sp³-hybridized carbons (Fsp3) is 0.571. The third-order valence-corrected chi connectivity index (χ3v) is 3.89. The Morgan fingerprint density at radius 2 is 2.00 bits per heavy atom. The Labute approximate surface area is 108 Å². The third kappa shape index (κ3) is 2.88. The summed E-state index contributed by atoms with van der Waals surface area (Å²) in [6.45, 7) is 4.97. The molecule has 0 radical (unpaired) electrons. The van der Waals surface area contributed by atoms with Gasteiger partial charge in [-0.3, -0.25) is 14.7 Å². The van der Waals surface area contributed by atoms with E-state index in [1.54, 1.807) is 7.05 Å². The quantitative estimate of drug-likeness (QED) is 0.879. The van der Waals surface area contributed by atoms with E-state index in [9.17, 15) is 4.79 Å². The topological polar surface area (TPSA) is 45.2 Å². The molecule has 1 aliphatic heterocycles. The molecule has 0 spiro atoms. The lowest BCUT2D eigenvalue weighted by Gasteiger charge is -2.38. The van der Waals surface area contributed by atoms with Crippen molar-refractivity contribution >= 4 is 5.91 Å². The molecule has 1 saturated heterocycles. The van der Waals surface area contributed by atoms with Crippen molar-refractivity contribution < 1.29 is 4.79 Å². The van der Waals surface area contributed by atoms with Crippen molar-refractivity contribution in [1.29, 1.82) is 0 Å². The molecule has 1 fully saturated rings. The van der Waals surface area contributed by atoms with Crippen LogP contribution >= 0.6 is 0 Å². The van der Waals surface area contributed by atoms with Gasteiger partial charge in [0.15, 0.2) is 0 Å². The first-order valence-electron chi connectivity index (χ1n) is 6.47. The number of pyridine rings is 1. The highest BCUT2D eigenvalue weighted by atomic mass is 16.2. The largest absolute Gasteiger partial charge is 0.359 e. The fourth-order valence-electron chi connectivity index (χ4n) is 2.48. The van der Waals surface area contributed by atoms with Gasteiger partial charge < -0.3 is 5.32 Å². The molecule has 0 saturated carbocycles. The van der Waals surface area contributed by atoms with E-state index in [1.165, 1.54) is 5.56 Å². The zero-order valence-corrected chi connectivity index (χ0v) is 11.1. The van der Waals surface area contributed by atoms with E-state index in [-0.39, 0.29) is 11.3 Å². The molecule has 0 bridgehead atoms. The molecule has 2 heterocycles. The summed E-state index contributed by atoms with van der Waals surface area (Å²) < 4.78 is 0. The second-order valence-electron chi connectivity index (χ2n) is 5.27. The minimum atomic E-state index is -0.191. The van der Waals surface area contributed by atoms with Crippen molar-refractivity contribution in [2.75, 3.05) is 20.1 Å². The molecule has 1 N–H and O–H groups in total. The van der Waals surface area contributed by atoms with Crippen LogP contribution in [0.5, 0.6) is 0 Å². The summed E-state index contributed by atoms with van der Waals surface area (Å²) in [5, 5.41) is 2.77. The summed E-state index contributed by atoms with van der Waals surface area (Å²) in [4.78, 5) is 18.2. The molecule has 1 aromatic heterocycles. The van der Waals surface area contributed by atoms with Crippen LogP contribution in [0.1, 0.15) is 25.3 Å². The monoisotopic (exact) mass is 247 g/mol. The Morgan fingerprint density at radius 3 is 2.56 bits per heavy atom. The standard InChI is InChI=1S/C14H21N3O/c1-14(13(18)15-2)5-9-17(10-6-14)11-12-3-7-16-8-4-12/h3-4,7-8H,5-6,9-11H2,1-2H3,(H,15,18). The van der Waals surface area contributed by atoms with E-state index in [0.29, 0.717) is 0 Å². The van der Waals surface area contributed by atoms with Gasteiger partial charge in [0.05, 0.1) is 0 Å². The highest BCUT2D eigenvalue weighted by Gasteiger charge is 2.35. The molecule has 2 rings (SSSR count). The van der Waals surface area contributed by atoms with E-state index < -0.39 is 0 Å². The summed E-state index contributed by atoms with van der Waals surface area (Å²) >= 11 is 0. The van der Waals surface area contributed by atoms with Gasteiger partial charge in [0.2, 0.25) is 5.91 Å². The summed E-state index contributed by atoms with van der Waals surface area (Å²) in [5.74, 6) is 0.172. The second kappa shape index (κ2) is 5.48. The van der Waals surface area contributed by atoms with E-state index in [4.69, 9.17) is 0 Å². The molecule has 4 heteroatoms. The van der Waals surface area contributed by atoms with Gasteiger partial charge in [-0.2, -0.15) is 0 Å². The lowest BCUT2D eigenvalue weighted by molar-refractivity contribution is -0.132. The van der Waals surface area contributed by atoms with Crippen molar-refractivity contribution in [1.82, 2.24) is 15.2 Å². The SMILES string of the molecule is CNC(=O)C1(C)CCN(Cc2ccncc2)CC1. The number of piperidine rings is 1. The van der Waals surface area contributed by atoms with Crippen molar-refractivity contribution in [2.24, 2.45) is 5.41 Å². The minimum Gasteiger partial charge on any atom is -0.359 e. The van der Waals surface area contributed by atoms with Crippen molar-refractivity contribution in [3.05, 3.63) is 30.1 Å². The maximum absolute atomic E-state index is 11.8. The highest BCUT2D eigenvalue weighted by Crippen LogP contribution is 2.31. The lowest BCUT2D eigenvalue weighted by Crippen LogP contribution is -2.46. The summed E-state index contributed by atoms with van der Waals surface area (Å²) in [7, 11) is 1.72. The minimum absolute atomic E-state index is 0.172. The molecule has 1 aliphatic rings. The number of nitrogens with one attached hydrogen (secondary N) is 1. The Morgan fingerprint density at radius 1 is 1.39 bits per heavy atom. The highest BCUT2D eigenvalue weighted by molar-refractivity contribution is 5.82. The average Bonchev–Trinajstić information content (AvgIpc) is 2.42. The summed E-state index contributed by atoms with van der Waals surface area (Å²) in [6.07, 6.45) is 5.51. The molecule has 0 unspecified atom stereocenters. The maximum atomic E-state index is 11.8. The molecule has 1 amide bonds. The number of carbonyl (C=O) groups excluding carboxylic acids is 1. The molecular formula is C14H21N3O. The number of rotatable bonds is 3. The molecule has 4 nitrogen and oxygen atoms in total. The Bertz CT molecular complexity index is 397. The second-order valence-corrected chi connectivity index (χ2v) is 5.27. The Balaban J connectivity index is 1.89. The van der Waals surface area contributed by atoms with Crippen LogP contribution in [0.4, 0.5) is 0 Å². The van der Waals surface area contributed by atoms with Gasteiger partial charge in [-0.1, -0.05) is 6.92 Å². The molecule has 0 aliphatic carbocycles. The first-order valence-corrected chi connectivity index (χ1v) is 6.47. The number of amides is 1. The first-order chi connectivity index (χ1) is 8.64. The smallest absolute Gasteiger partial charge is 0.225 e. The lowest BCUT2D eigenvalue weighted by atomic mass is 9.79. The predicted molar refractivity (Wildman–Crippen MR) is 70.9 cm³/mol.